The van der Waals surface area contributed by atoms with Crippen molar-refractivity contribution in [2.75, 3.05) is 5.73 Å². The second-order valence-corrected chi connectivity index (χ2v) is 6.54. The predicted octanol–water partition coefficient (Wildman–Crippen LogP) is 6.02. The number of rotatable bonds is 6. The first-order valence-electron chi connectivity index (χ1n) is 8.97. The van der Waals surface area contributed by atoms with E-state index in [1.54, 1.807) is 0 Å². The van der Waals surface area contributed by atoms with Gasteiger partial charge in [-0.1, -0.05) is 68.7 Å². The van der Waals surface area contributed by atoms with Crippen LogP contribution in [0.5, 0.6) is 0 Å². The summed E-state index contributed by atoms with van der Waals surface area (Å²) < 4.78 is 0. The fraction of sp³-hybridized carbons (Fsp3) is 0.364. The van der Waals surface area contributed by atoms with Crippen molar-refractivity contribution < 1.29 is 0 Å². The molecule has 1 aliphatic carbocycles. The monoisotopic (exact) mass is 305 g/mol. The van der Waals surface area contributed by atoms with E-state index in [0.717, 1.165) is 18.5 Å². The Bertz CT molecular complexity index is 680. The van der Waals surface area contributed by atoms with Crippen LogP contribution in [0.15, 0.2) is 42.5 Å². The molecule has 1 nitrogen and oxygen atoms in total. The number of anilines is 1. The summed E-state index contributed by atoms with van der Waals surface area (Å²) in [7, 11) is 0. The van der Waals surface area contributed by atoms with Gasteiger partial charge in [-0.25, -0.2) is 0 Å². The van der Waals surface area contributed by atoms with Crippen LogP contribution >= 0.6 is 0 Å². The number of benzene rings is 2. The van der Waals surface area contributed by atoms with Gasteiger partial charge in [-0.2, -0.15) is 0 Å². The summed E-state index contributed by atoms with van der Waals surface area (Å²) in [6.45, 7) is 2.26. The Kier molecular flexibility index (Phi) is 5.17. The van der Waals surface area contributed by atoms with Crippen LogP contribution < -0.4 is 5.73 Å². The third-order valence-corrected chi connectivity index (χ3v) is 4.82. The van der Waals surface area contributed by atoms with Crippen LogP contribution in [0.2, 0.25) is 0 Å². The number of unbranched alkanes of at least 4 members (excludes halogenated alkanes) is 3. The largest absolute Gasteiger partial charge is 0.398 e. The van der Waals surface area contributed by atoms with E-state index >= 15 is 0 Å². The number of hydrogen-bond acceptors (Lipinski definition) is 1. The van der Waals surface area contributed by atoms with Gasteiger partial charge in [-0.15, -0.1) is 0 Å². The zero-order valence-electron chi connectivity index (χ0n) is 14.1. The number of aryl methyl sites for hydroxylation is 1. The van der Waals surface area contributed by atoms with E-state index in [1.807, 2.05) is 0 Å². The molecule has 0 saturated heterocycles. The lowest BCUT2D eigenvalue weighted by atomic mass is 9.88. The van der Waals surface area contributed by atoms with E-state index < -0.39 is 0 Å². The summed E-state index contributed by atoms with van der Waals surface area (Å²) in [5.41, 5.74) is 13.8. The van der Waals surface area contributed by atoms with Crippen molar-refractivity contribution in [1.82, 2.24) is 0 Å². The number of nitrogen functional groups attached to an aromatic ring is 1. The topological polar surface area (TPSA) is 26.0 Å². The molecule has 0 aromatic heterocycles. The second-order valence-electron chi connectivity index (χ2n) is 6.54. The first-order chi connectivity index (χ1) is 11.3. The second kappa shape index (κ2) is 7.50. The van der Waals surface area contributed by atoms with Gasteiger partial charge in [0.05, 0.1) is 0 Å². The maximum atomic E-state index is 6.16. The molecule has 2 N–H and O–H groups in total. The number of allylic oxidation sites excluding steroid dienone is 1. The van der Waals surface area contributed by atoms with Crippen LogP contribution in [0.4, 0.5) is 5.69 Å². The summed E-state index contributed by atoms with van der Waals surface area (Å²) in [5.74, 6) is 0. The van der Waals surface area contributed by atoms with Crippen molar-refractivity contribution in [3.05, 3.63) is 59.2 Å². The van der Waals surface area contributed by atoms with E-state index in [9.17, 15) is 0 Å². The fourth-order valence-electron chi connectivity index (χ4n) is 3.44. The van der Waals surface area contributed by atoms with E-state index in [-0.39, 0.29) is 0 Å². The Morgan fingerprint density at radius 1 is 0.957 bits per heavy atom. The fourth-order valence-corrected chi connectivity index (χ4v) is 3.44. The highest BCUT2D eigenvalue weighted by molar-refractivity contribution is 5.81. The Morgan fingerprint density at radius 2 is 1.78 bits per heavy atom. The van der Waals surface area contributed by atoms with Crippen molar-refractivity contribution in [2.45, 2.75) is 51.9 Å². The van der Waals surface area contributed by atoms with Gasteiger partial charge in [-0.05, 0) is 59.6 Å². The van der Waals surface area contributed by atoms with Crippen molar-refractivity contribution in [3.63, 3.8) is 0 Å². The maximum Gasteiger partial charge on any atom is 0.0353 e. The zero-order valence-corrected chi connectivity index (χ0v) is 14.1. The lowest BCUT2D eigenvalue weighted by Crippen LogP contribution is -2.02. The molecular formula is C22H27N. The molecule has 0 unspecified atom stereocenters. The molecule has 0 amide bonds. The minimum atomic E-state index is 0.931. The Morgan fingerprint density at radius 3 is 2.57 bits per heavy atom. The summed E-state index contributed by atoms with van der Waals surface area (Å²) >= 11 is 0. The molecular weight excluding hydrogens is 278 g/mol. The van der Waals surface area contributed by atoms with Gasteiger partial charge in [0.15, 0.2) is 0 Å². The molecule has 2 aromatic carbocycles. The molecule has 0 atom stereocenters. The molecule has 120 valence electrons. The first kappa shape index (κ1) is 15.9. The molecule has 0 radical (unpaired) electrons. The average molecular weight is 305 g/mol. The van der Waals surface area contributed by atoms with Gasteiger partial charge in [0.1, 0.15) is 0 Å². The van der Waals surface area contributed by atoms with Crippen LogP contribution in [0, 0.1) is 0 Å². The standard InChI is InChI=1S/C22H27N/c1-2-3-4-5-8-17-11-13-18(14-12-17)19-15-16-22(23)21-10-7-6-9-20(19)21/h6,9,11-16H,2-5,7-8,10,23H2,1H3. The van der Waals surface area contributed by atoms with Gasteiger partial charge < -0.3 is 5.73 Å². The molecule has 0 spiro atoms. The molecule has 1 aliphatic rings. The lowest BCUT2D eigenvalue weighted by molar-refractivity contribution is 0.667. The molecule has 0 heterocycles. The Balaban J connectivity index is 1.79. The Labute approximate surface area is 140 Å². The summed E-state index contributed by atoms with van der Waals surface area (Å²) in [6, 6.07) is 13.3. The van der Waals surface area contributed by atoms with Crippen LogP contribution in [0.3, 0.4) is 0 Å². The molecule has 0 bridgehead atoms. The van der Waals surface area contributed by atoms with Gasteiger partial charge in [-0.3, -0.25) is 0 Å². The molecule has 0 aliphatic heterocycles. The van der Waals surface area contributed by atoms with Crippen molar-refractivity contribution in [1.29, 1.82) is 0 Å². The SMILES string of the molecule is CCCCCCc1ccc(-c2ccc(N)c3c2C=CCC3)cc1. The molecule has 1 heteroatoms. The molecule has 0 saturated carbocycles. The van der Waals surface area contributed by atoms with Crippen molar-refractivity contribution >= 4 is 11.8 Å². The number of fused-ring (bicyclic) bond motifs is 1. The predicted molar refractivity (Wildman–Crippen MR) is 101 cm³/mol. The summed E-state index contributed by atoms with van der Waals surface area (Å²) in [5, 5.41) is 0. The van der Waals surface area contributed by atoms with Crippen LogP contribution in [-0.4, -0.2) is 0 Å². The van der Waals surface area contributed by atoms with E-state index in [1.165, 1.54) is 59.9 Å². The highest BCUT2D eigenvalue weighted by atomic mass is 14.6. The van der Waals surface area contributed by atoms with Crippen molar-refractivity contribution in [2.24, 2.45) is 0 Å². The van der Waals surface area contributed by atoms with Crippen molar-refractivity contribution in [3.8, 4) is 11.1 Å². The first-order valence-corrected chi connectivity index (χ1v) is 8.97. The zero-order chi connectivity index (χ0) is 16.1. The van der Waals surface area contributed by atoms with Crippen LogP contribution in [0.1, 0.15) is 55.7 Å². The highest BCUT2D eigenvalue weighted by Gasteiger charge is 2.13. The number of nitrogens with two attached hydrogens (primary N) is 1. The third-order valence-electron chi connectivity index (χ3n) is 4.82. The molecule has 0 fully saturated rings. The van der Waals surface area contributed by atoms with Gasteiger partial charge >= 0.3 is 0 Å². The average Bonchev–Trinajstić information content (AvgIpc) is 2.60. The summed E-state index contributed by atoms with van der Waals surface area (Å²) in [6.07, 6.45) is 13.1. The molecule has 2 aromatic rings. The van der Waals surface area contributed by atoms with Crippen LogP contribution in [0.25, 0.3) is 17.2 Å². The van der Waals surface area contributed by atoms with Gasteiger partial charge in [0.25, 0.3) is 0 Å². The molecule has 23 heavy (non-hydrogen) atoms. The van der Waals surface area contributed by atoms with Gasteiger partial charge in [0.2, 0.25) is 0 Å². The molecule has 3 rings (SSSR count). The number of hydrogen-bond donors (Lipinski definition) is 1. The minimum absolute atomic E-state index is 0.931. The van der Waals surface area contributed by atoms with E-state index in [0.29, 0.717) is 0 Å². The van der Waals surface area contributed by atoms with E-state index in [4.69, 9.17) is 5.73 Å². The normalized spacial score (nSPS) is 13.1. The third kappa shape index (κ3) is 3.67. The summed E-state index contributed by atoms with van der Waals surface area (Å²) in [4.78, 5) is 0. The minimum Gasteiger partial charge on any atom is -0.398 e. The maximum absolute atomic E-state index is 6.16. The van der Waals surface area contributed by atoms with Gasteiger partial charge in [0, 0.05) is 5.69 Å². The smallest absolute Gasteiger partial charge is 0.0353 e. The van der Waals surface area contributed by atoms with E-state index in [2.05, 4.69) is 55.5 Å². The Hall–Kier alpha value is -2.02. The quantitative estimate of drug-likeness (QED) is 0.512. The van der Waals surface area contributed by atoms with Crippen LogP contribution in [-0.2, 0) is 12.8 Å². The lowest BCUT2D eigenvalue weighted by Gasteiger charge is -2.17. The highest BCUT2D eigenvalue weighted by Crippen LogP contribution is 2.34.